The molecule has 20 heavy (non-hydrogen) atoms. The number of ether oxygens (including phenoxy) is 2. The Bertz CT molecular complexity index is 440. The van der Waals surface area contributed by atoms with Gasteiger partial charge in [-0.05, 0) is 38.8 Å². The zero-order valence-electron chi connectivity index (χ0n) is 12.7. The first kappa shape index (κ1) is 16.5. The molecule has 2 atom stereocenters. The minimum Gasteiger partial charge on any atom is -0.478 e. The second-order valence-corrected chi connectivity index (χ2v) is 4.86. The summed E-state index contributed by atoms with van der Waals surface area (Å²) in [6, 6.07) is 5.57. The van der Waals surface area contributed by atoms with Gasteiger partial charge in [-0.2, -0.15) is 0 Å². The molecule has 4 nitrogen and oxygen atoms in total. The quantitative estimate of drug-likeness (QED) is 0.779. The van der Waals surface area contributed by atoms with Crippen molar-refractivity contribution >= 4 is 5.97 Å². The van der Waals surface area contributed by atoms with Crippen molar-refractivity contribution in [2.24, 2.45) is 0 Å². The van der Waals surface area contributed by atoms with Gasteiger partial charge in [0.05, 0.1) is 12.7 Å². The van der Waals surface area contributed by atoms with E-state index < -0.39 is 12.2 Å². The predicted octanol–water partition coefficient (Wildman–Crippen LogP) is 3.16. The van der Waals surface area contributed by atoms with Crippen LogP contribution in [0.5, 0.6) is 5.75 Å². The van der Waals surface area contributed by atoms with Gasteiger partial charge in [-0.15, -0.1) is 0 Å². The number of aryl methyl sites for hydroxylation is 1. The molecule has 0 aliphatic carbocycles. The number of carbonyl (C=O) groups excluding carboxylic acids is 1. The van der Waals surface area contributed by atoms with Crippen LogP contribution in [-0.4, -0.2) is 23.8 Å². The molecule has 1 aromatic carbocycles. The van der Waals surface area contributed by atoms with Crippen LogP contribution in [-0.2, 0) is 9.53 Å². The number of esters is 1. The first-order valence-corrected chi connectivity index (χ1v) is 7.11. The summed E-state index contributed by atoms with van der Waals surface area (Å²) in [7, 11) is 0. The van der Waals surface area contributed by atoms with E-state index in [1.54, 1.807) is 13.8 Å². The van der Waals surface area contributed by atoms with Gasteiger partial charge in [0.1, 0.15) is 5.75 Å². The Morgan fingerprint density at radius 2 is 2.05 bits per heavy atom. The van der Waals surface area contributed by atoms with E-state index >= 15 is 0 Å². The second kappa shape index (κ2) is 7.90. The third kappa shape index (κ3) is 4.53. The molecule has 0 aromatic heterocycles. The number of benzene rings is 1. The maximum absolute atomic E-state index is 11.9. The molecule has 0 amide bonds. The summed E-state index contributed by atoms with van der Waals surface area (Å²) in [6.45, 7) is 7.71. The Hall–Kier alpha value is -1.55. The van der Waals surface area contributed by atoms with Crippen molar-refractivity contribution in [1.82, 2.24) is 0 Å². The molecule has 0 heterocycles. The van der Waals surface area contributed by atoms with Crippen LogP contribution in [0.3, 0.4) is 0 Å². The van der Waals surface area contributed by atoms with Crippen LogP contribution in [0, 0.1) is 6.92 Å². The normalized spacial score (nSPS) is 13.7. The molecule has 112 valence electrons. The van der Waals surface area contributed by atoms with Crippen molar-refractivity contribution in [1.29, 1.82) is 0 Å². The van der Waals surface area contributed by atoms with Crippen molar-refractivity contribution in [3.8, 4) is 5.75 Å². The molecule has 2 unspecified atom stereocenters. The number of aliphatic hydroxyl groups excluding tert-OH is 1. The van der Waals surface area contributed by atoms with Gasteiger partial charge in [0.15, 0.2) is 6.10 Å². The standard InChI is InChI=1S/C16H24O4/c1-5-7-14(16(18)19-6-2)20-15-10-11(3)8-9-13(15)12(4)17/h8-10,12,14,17H,5-7H2,1-4H3. The molecule has 1 aromatic rings. The van der Waals surface area contributed by atoms with Crippen LogP contribution in [0.15, 0.2) is 18.2 Å². The number of hydrogen-bond acceptors (Lipinski definition) is 4. The highest BCUT2D eigenvalue weighted by Gasteiger charge is 2.22. The fraction of sp³-hybridized carbons (Fsp3) is 0.562. The minimum absolute atomic E-state index is 0.333. The zero-order chi connectivity index (χ0) is 15.1. The lowest BCUT2D eigenvalue weighted by molar-refractivity contribution is -0.151. The summed E-state index contributed by atoms with van der Waals surface area (Å²) < 4.78 is 10.8. The number of aliphatic hydroxyl groups is 1. The third-order valence-corrected chi connectivity index (χ3v) is 2.99. The smallest absolute Gasteiger partial charge is 0.347 e. The molecule has 0 radical (unpaired) electrons. The lowest BCUT2D eigenvalue weighted by atomic mass is 10.1. The van der Waals surface area contributed by atoms with E-state index in [1.165, 1.54) is 0 Å². The minimum atomic E-state index is -0.643. The van der Waals surface area contributed by atoms with Crippen LogP contribution in [0.2, 0.25) is 0 Å². The van der Waals surface area contributed by atoms with Crippen LogP contribution in [0.1, 0.15) is 50.8 Å². The van der Waals surface area contributed by atoms with Crippen molar-refractivity contribution in [2.45, 2.75) is 52.7 Å². The van der Waals surface area contributed by atoms with Crippen LogP contribution in [0.25, 0.3) is 0 Å². The van der Waals surface area contributed by atoms with E-state index in [-0.39, 0.29) is 5.97 Å². The first-order valence-electron chi connectivity index (χ1n) is 7.11. The molecule has 1 rings (SSSR count). The lowest BCUT2D eigenvalue weighted by Gasteiger charge is -2.20. The molecular weight excluding hydrogens is 256 g/mol. The summed E-state index contributed by atoms with van der Waals surface area (Å²) in [4.78, 5) is 11.9. The van der Waals surface area contributed by atoms with Gasteiger partial charge in [0.2, 0.25) is 0 Å². The first-order chi connectivity index (χ1) is 9.49. The average molecular weight is 280 g/mol. The average Bonchev–Trinajstić information content (AvgIpc) is 2.38. The molecule has 4 heteroatoms. The summed E-state index contributed by atoms with van der Waals surface area (Å²) >= 11 is 0. The van der Waals surface area contributed by atoms with E-state index in [2.05, 4.69) is 0 Å². The number of hydrogen-bond donors (Lipinski definition) is 1. The van der Waals surface area contributed by atoms with Crippen molar-refractivity contribution < 1.29 is 19.4 Å². The Balaban J connectivity index is 2.97. The largest absolute Gasteiger partial charge is 0.478 e. The summed E-state index contributed by atoms with van der Waals surface area (Å²) in [5, 5.41) is 9.78. The van der Waals surface area contributed by atoms with Gasteiger partial charge in [-0.3, -0.25) is 0 Å². The van der Waals surface area contributed by atoms with Gasteiger partial charge < -0.3 is 14.6 Å². The third-order valence-electron chi connectivity index (χ3n) is 2.99. The Morgan fingerprint density at radius 1 is 1.35 bits per heavy atom. The Morgan fingerprint density at radius 3 is 2.60 bits per heavy atom. The van der Waals surface area contributed by atoms with Crippen molar-refractivity contribution in [3.05, 3.63) is 29.3 Å². The van der Waals surface area contributed by atoms with Crippen LogP contribution in [0.4, 0.5) is 0 Å². The molecule has 0 fully saturated rings. The van der Waals surface area contributed by atoms with Crippen LogP contribution >= 0.6 is 0 Å². The molecule has 1 N–H and O–H groups in total. The van der Waals surface area contributed by atoms with Gasteiger partial charge in [0, 0.05) is 5.56 Å². The monoisotopic (exact) mass is 280 g/mol. The topological polar surface area (TPSA) is 55.8 Å². The van der Waals surface area contributed by atoms with Crippen molar-refractivity contribution in [2.75, 3.05) is 6.61 Å². The Kier molecular flexibility index (Phi) is 6.52. The molecule has 0 aliphatic rings. The Labute approximate surface area is 120 Å². The lowest BCUT2D eigenvalue weighted by Crippen LogP contribution is -2.29. The second-order valence-electron chi connectivity index (χ2n) is 4.86. The molecule has 0 saturated heterocycles. The molecule has 0 spiro atoms. The SMILES string of the molecule is CCCC(Oc1cc(C)ccc1C(C)O)C(=O)OCC. The van der Waals surface area contributed by atoms with E-state index in [0.717, 1.165) is 12.0 Å². The van der Waals surface area contributed by atoms with Gasteiger partial charge in [0.25, 0.3) is 0 Å². The summed E-state index contributed by atoms with van der Waals surface area (Å²) in [5.41, 5.74) is 1.70. The highest BCUT2D eigenvalue weighted by molar-refractivity contribution is 5.75. The predicted molar refractivity (Wildman–Crippen MR) is 77.8 cm³/mol. The maximum Gasteiger partial charge on any atom is 0.347 e. The van der Waals surface area contributed by atoms with Gasteiger partial charge >= 0.3 is 5.97 Å². The number of rotatable bonds is 7. The van der Waals surface area contributed by atoms with E-state index in [9.17, 15) is 9.90 Å². The van der Waals surface area contributed by atoms with E-state index in [4.69, 9.17) is 9.47 Å². The number of carbonyl (C=O) groups is 1. The molecule has 0 aliphatic heterocycles. The van der Waals surface area contributed by atoms with Gasteiger partial charge in [-0.1, -0.05) is 25.5 Å². The van der Waals surface area contributed by atoms with Crippen molar-refractivity contribution in [3.63, 3.8) is 0 Å². The highest BCUT2D eigenvalue weighted by Crippen LogP contribution is 2.28. The summed E-state index contributed by atoms with van der Waals surface area (Å²) in [6.07, 6.45) is 0.139. The van der Waals surface area contributed by atoms with Crippen LogP contribution < -0.4 is 4.74 Å². The molecule has 0 saturated carbocycles. The molecular formula is C16H24O4. The maximum atomic E-state index is 11.9. The zero-order valence-corrected chi connectivity index (χ0v) is 12.7. The van der Waals surface area contributed by atoms with E-state index in [0.29, 0.717) is 24.3 Å². The highest BCUT2D eigenvalue weighted by atomic mass is 16.6. The fourth-order valence-electron chi connectivity index (χ4n) is 1.96. The van der Waals surface area contributed by atoms with E-state index in [1.807, 2.05) is 32.0 Å². The van der Waals surface area contributed by atoms with Gasteiger partial charge in [-0.25, -0.2) is 4.79 Å². The summed E-state index contributed by atoms with van der Waals surface area (Å²) in [5.74, 6) is 0.193. The molecule has 0 bridgehead atoms. The fourth-order valence-corrected chi connectivity index (χ4v) is 1.96.